The molecule has 2 N–H and O–H groups in total. The highest BCUT2D eigenvalue weighted by molar-refractivity contribution is 5.27. The van der Waals surface area contributed by atoms with E-state index in [9.17, 15) is 0 Å². The summed E-state index contributed by atoms with van der Waals surface area (Å²) in [6.45, 7) is 3.86. The number of hydrogen-bond donors (Lipinski definition) is 1. The lowest BCUT2D eigenvalue weighted by atomic mass is 10.1. The largest absolute Gasteiger partial charge is 0.493 e. The van der Waals surface area contributed by atoms with Crippen molar-refractivity contribution >= 4 is 0 Å². The molecule has 1 atom stereocenters. The molecule has 0 aliphatic carbocycles. The minimum Gasteiger partial charge on any atom is -0.493 e. The van der Waals surface area contributed by atoms with Gasteiger partial charge in [-0.3, -0.25) is 4.90 Å². The van der Waals surface area contributed by atoms with Crippen LogP contribution in [0.1, 0.15) is 24.0 Å². The fourth-order valence-corrected chi connectivity index (χ4v) is 3.12. The van der Waals surface area contributed by atoms with E-state index in [2.05, 4.69) is 53.4 Å². The number of ether oxygens (including phenoxy) is 1. The van der Waals surface area contributed by atoms with Gasteiger partial charge in [0.2, 0.25) is 0 Å². The van der Waals surface area contributed by atoms with E-state index >= 15 is 0 Å². The Labute approximate surface area is 139 Å². The zero-order chi connectivity index (χ0) is 15.9. The molecule has 0 spiro atoms. The molecule has 1 aliphatic rings. The molecule has 3 rings (SSSR count). The van der Waals surface area contributed by atoms with E-state index in [0.29, 0.717) is 12.6 Å². The third-order valence-corrected chi connectivity index (χ3v) is 4.37. The van der Waals surface area contributed by atoms with Gasteiger partial charge >= 0.3 is 0 Å². The molecule has 1 fully saturated rings. The van der Waals surface area contributed by atoms with Crippen LogP contribution >= 0.6 is 0 Å². The number of hydrogen-bond acceptors (Lipinski definition) is 3. The first-order valence-electron chi connectivity index (χ1n) is 8.53. The van der Waals surface area contributed by atoms with Crippen LogP contribution in [0.3, 0.4) is 0 Å². The summed E-state index contributed by atoms with van der Waals surface area (Å²) in [5, 5.41) is 0. The summed E-state index contributed by atoms with van der Waals surface area (Å²) in [5.74, 6) is 0.944. The maximum absolute atomic E-state index is 6.04. The standard InChI is InChI=1S/C20H26N2O/c21-19-7-4-13-22(16-19)15-18-8-10-20(11-9-18)23-14-12-17-5-2-1-3-6-17/h1-3,5-6,8-11,19H,4,7,12-16,21H2. The molecule has 1 heterocycles. The van der Waals surface area contributed by atoms with E-state index in [1.54, 1.807) is 0 Å². The van der Waals surface area contributed by atoms with Gasteiger partial charge in [-0.15, -0.1) is 0 Å². The van der Waals surface area contributed by atoms with E-state index < -0.39 is 0 Å². The first kappa shape index (κ1) is 16.0. The Morgan fingerprint density at radius 3 is 2.52 bits per heavy atom. The van der Waals surface area contributed by atoms with Gasteiger partial charge in [0.1, 0.15) is 5.75 Å². The average molecular weight is 310 g/mol. The molecule has 2 aromatic carbocycles. The van der Waals surface area contributed by atoms with Crippen molar-refractivity contribution in [1.29, 1.82) is 0 Å². The predicted molar refractivity (Wildman–Crippen MR) is 94.6 cm³/mol. The first-order valence-corrected chi connectivity index (χ1v) is 8.53. The van der Waals surface area contributed by atoms with Crippen LogP contribution in [0.15, 0.2) is 54.6 Å². The highest BCUT2D eigenvalue weighted by Crippen LogP contribution is 2.16. The zero-order valence-electron chi connectivity index (χ0n) is 13.7. The molecule has 0 saturated carbocycles. The van der Waals surface area contributed by atoms with Gasteiger partial charge in [0, 0.05) is 25.6 Å². The topological polar surface area (TPSA) is 38.5 Å². The van der Waals surface area contributed by atoms with Crippen molar-refractivity contribution in [3.63, 3.8) is 0 Å². The van der Waals surface area contributed by atoms with Gasteiger partial charge in [-0.2, -0.15) is 0 Å². The number of nitrogens with two attached hydrogens (primary N) is 1. The van der Waals surface area contributed by atoms with Gasteiger partial charge in [-0.25, -0.2) is 0 Å². The average Bonchev–Trinajstić information content (AvgIpc) is 2.58. The van der Waals surface area contributed by atoms with Crippen LogP contribution in [-0.2, 0) is 13.0 Å². The Kier molecular flexibility index (Phi) is 5.67. The lowest BCUT2D eigenvalue weighted by Crippen LogP contribution is -2.42. The fourth-order valence-electron chi connectivity index (χ4n) is 3.12. The lowest BCUT2D eigenvalue weighted by Gasteiger charge is -2.30. The summed E-state index contributed by atoms with van der Waals surface area (Å²) in [6.07, 6.45) is 3.31. The molecule has 23 heavy (non-hydrogen) atoms. The summed E-state index contributed by atoms with van der Waals surface area (Å²) >= 11 is 0. The number of rotatable bonds is 6. The first-order chi connectivity index (χ1) is 11.3. The van der Waals surface area contributed by atoms with Crippen LogP contribution in [0.2, 0.25) is 0 Å². The number of likely N-dealkylation sites (tertiary alicyclic amines) is 1. The van der Waals surface area contributed by atoms with Crippen molar-refractivity contribution in [2.45, 2.75) is 31.8 Å². The molecule has 0 bridgehead atoms. The van der Waals surface area contributed by atoms with E-state index in [0.717, 1.165) is 38.2 Å². The molecular formula is C20H26N2O. The molecule has 1 aliphatic heterocycles. The smallest absolute Gasteiger partial charge is 0.119 e. The van der Waals surface area contributed by atoms with E-state index in [-0.39, 0.29) is 0 Å². The third kappa shape index (κ3) is 5.08. The highest BCUT2D eigenvalue weighted by atomic mass is 16.5. The van der Waals surface area contributed by atoms with Crippen molar-refractivity contribution < 1.29 is 4.74 Å². The molecule has 0 aromatic heterocycles. The maximum atomic E-state index is 6.04. The molecular weight excluding hydrogens is 284 g/mol. The second-order valence-corrected chi connectivity index (χ2v) is 6.37. The quantitative estimate of drug-likeness (QED) is 0.890. The molecule has 1 saturated heterocycles. The molecule has 122 valence electrons. The molecule has 1 unspecified atom stereocenters. The Bertz CT molecular complexity index is 582. The zero-order valence-corrected chi connectivity index (χ0v) is 13.7. The monoisotopic (exact) mass is 310 g/mol. The van der Waals surface area contributed by atoms with E-state index in [1.807, 2.05) is 6.07 Å². The van der Waals surface area contributed by atoms with E-state index in [1.165, 1.54) is 17.5 Å². The summed E-state index contributed by atoms with van der Waals surface area (Å²) in [7, 11) is 0. The van der Waals surface area contributed by atoms with Gasteiger partial charge in [-0.05, 0) is 42.6 Å². The SMILES string of the molecule is NC1CCCN(Cc2ccc(OCCc3ccccc3)cc2)C1. The van der Waals surface area contributed by atoms with Gasteiger partial charge < -0.3 is 10.5 Å². The van der Waals surface area contributed by atoms with Crippen LogP contribution in [0, 0.1) is 0 Å². The van der Waals surface area contributed by atoms with Crippen LogP contribution < -0.4 is 10.5 Å². The van der Waals surface area contributed by atoms with Crippen molar-refractivity contribution in [3.8, 4) is 5.75 Å². The summed E-state index contributed by atoms with van der Waals surface area (Å²) in [5.41, 5.74) is 8.68. The molecule has 0 radical (unpaired) electrons. The van der Waals surface area contributed by atoms with Crippen LogP contribution in [0.4, 0.5) is 0 Å². The van der Waals surface area contributed by atoms with Gasteiger partial charge in [0.25, 0.3) is 0 Å². The van der Waals surface area contributed by atoms with Gasteiger partial charge in [0.05, 0.1) is 6.61 Å². The van der Waals surface area contributed by atoms with Crippen molar-refractivity contribution in [1.82, 2.24) is 4.90 Å². The molecule has 0 amide bonds. The lowest BCUT2D eigenvalue weighted by molar-refractivity contribution is 0.201. The number of piperidine rings is 1. The van der Waals surface area contributed by atoms with Crippen molar-refractivity contribution in [3.05, 3.63) is 65.7 Å². The minimum atomic E-state index is 0.337. The van der Waals surface area contributed by atoms with E-state index in [4.69, 9.17) is 10.5 Å². The predicted octanol–water partition coefficient (Wildman–Crippen LogP) is 3.23. The second kappa shape index (κ2) is 8.14. The Morgan fingerprint density at radius 2 is 1.78 bits per heavy atom. The maximum Gasteiger partial charge on any atom is 0.119 e. The van der Waals surface area contributed by atoms with Crippen LogP contribution in [0.5, 0.6) is 5.75 Å². The number of benzene rings is 2. The number of nitrogens with zero attached hydrogens (tertiary/aromatic N) is 1. The normalized spacial score (nSPS) is 18.7. The van der Waals surface area contributed by atoms with Gasteiger partial charge in [0.15, 0.2) is 0 Å². The second-order valence-electron chi connectivity index (χ2n) is 6.37. The van der Waals surface area contributed by atoms with Gasteiger partial charge in [-0.1, -0.05) is 42.5 Å². The molecule has 3 heteroatoms. The third-order valence-electron chi connectivity index (χ3n) is 4.37. The molecule has 3 nitrogen and oxygen atoms in total. The fraction of sp³-hybridized carbons (Fsp3) is 0.400. The van der Waals surface area contributed by atoms with Crippen molar-refractivity contribution in [2.24, 2.45) is 5.73 Å². The Morgan fingerprint density at radius 1 is 1.00 bits per heavy atom. The highest BCUT2D eigenvalue weighted by Gasteiger charge is 2.16. The van der Waals surface area contributed by atoms with Crippen LogP contribution in [-0.4, -0.2) is 30.6 Å². The van der Waals surface area contributed by atoms with Crippen LogP contribution in [0.25, 0.3) is 0 Å². The summed E-state index contributed by atoms with van der Waals surface area (Å²) in [4.78, 5) is 2.44. The van der Waals surface area contributed by atoms with Crippen molar-refractivity contribution in [2.75, 3.05) is 19.7 Å². The summed E-state index contributed by atoms with van der Waals surface area (Å²) < 4.78 is 5.84. The summed E-state index contributed by atoms with van der Waals surface area (Å²) in [6, 6.07) is 19.3. The minimum absolute atomic E-state index is 0.337. The Balaban J connectivity index is 1.45. The Hall–Kier alpha value is -1.84. The molecule has 2 aromatic rings.